The van der Waals surface area contributed by atoms with Crippen LogP contribution in [0, 0.1) is 6.92 Å². The molecule has 0 saturated heterocycles. The van der Waals surface area contributed by atoms with Crippen LogP contribution in [0.3, 0.4) is 0 Å². The van der Waals surface area contributed by atoms with Crippen molar-refractivity contribution in [2.75, 3.05) is 13.2 Å². The molecule has 1 aromatic rings. The minimum Gasteiger partial charge on any atom is -0.462 e. The second kappa shape index (κ2) is 6.19. The normalized spacial score (nSPS) is 12.1. The summed E-state index contributed by atoms with van der Waals surface area (Å²) in [7, 11) is 0. The number of hydrogen-bond acceptors (Lipinski definition) is 4. The lowest BCUT2D eigenvalue weighted by Gasteiger charge is -2.19. The Morgan fingerprint density at radius 2 is 2.00 bits per heavy atom. The Balaban J connectivity index is 2.22. The average molecular weight is 241 g/mol. The van der Waals surface area contributed by atoms with Crippen molar-refractivity contribution < 1.29 is 13.9 Å². The summed E-state index contributed by atoms with van der Waals surface area (Å²) >= 11 is 0. The highest BCUT2D eigenvalue weighted by Gasteiger charge is 2.09. The molecule has 0 fully saturated rings. The number of ether oxygens (including phenoxy) is 2. The first-order valence-corrected chi connectivity index (χ1v) is 5.92. The number of hydrogen-bond donors (Lipinski definition) is 1. The fourth-order valence-corrected chi connectivity index (χ4v) is 1.44. The molecular formula is C13H23NO3. The van der Waals surface area contributed by atoms with E-state index in [1.807, 2.05) is 33.8 Å². The molecule has 0 aliphatic heterocycles. The van der Waals surface area contributed by atoms with E-state index in [1.165, 1.54) is 0 Å². The molecule has 0 unspecified atom stereocenters. The van der Waals surface area contributed by atoms with Crippen molar-refractivity contribution in [3.8, 4) is 0 Å². The Kier molecular flexibility index (Phi) is 5.18. The summed E-state index contributed by atoms with van der Waals surface area (Å²) in [6, 6.07) is 1.97. The fourth-order valence-electron chi connectivity index (χ4n) is 1.44. The Morgan fingerprint density at radius 3 is 2.53 bits per heavy atom. The van der Waals surface area contributed by atoms with Crippen LogP contribution in [0.5, 0.6) is 0 Å². The second-order valence-corrected chi connectivity index (χ2v) is 5.04. The molecule has 98 valence electrons. The molecule has 0 aliphatic rings. The molecule has 1 aromatic heterocycles. The SMILES string of the molecule is Cc1cc(COCCOC(C)(C)C)oc1CN. The van der Waals surface area contributed by atoms with Crippen molar-refractivity contribution in [1.29, 1.82) is 0 Å². The van der Waals surface area contributed by atoms with E-state index in [1.54, 1.807) is 0 Å². The lowest BCUT2D eigenvalue weighted by Crippen LogP contribution is -2.21. The zero-order valence-corrected chi connectivity index (χ0v) is 11.2. The second-order valence-electron chi connectivity index (χ2n) is 5.04. The first kappa shape index (κ1) is 14.2. The van der Waals surface area contributed by atoms with Crippen molar-refractivity contribution in [3.05, 3.63) is 23.2 Å². The first-order chi connectivity index (χ1) is 7.92. The molecule has 0 amide bonds. The van der Waals surface area contributed by atoms with E-state index in [2.05, 4.69) is 0 Å². The topological polar surface area (TPSA) is 57.6 Å². The minimum atomic E-state index is -0.114. The van der Waals surface area contributed by atoms with Crippen LogP contribution in [0.2, 0.25) is 0 Å². The van der Waals surface area contributed by atoms with E-state index in [0.717, 1.165) is 17.1 Å². The van der Waals surface area contributed by atoms with Gasteiger partial charge in [-0.3, -0.25) is 0 Å². The van der Waals surface area contributed by atoms with Gasteiger partial charge in [0.25, 0.3) is 0 Å². The summed E-state index contributed by atoms with van der Waals surface area (Å²) in [5.41, 5.74) is 6.50. The lowest BCUT2D eigenvalue weighted by molar-refractivity contribution is -0.0395. The van der Waals surface area contributed by atoms with Crippen LogP contribution in [0.25, 0.3) is 0 Å². The fraction of sp³-hybridized carbons (Fsp3) is 0.692. The largest absolute Gasteiger partial charge is 0.462 e. The molecule has 0 radical (unpaired) electrons. The van der Waals surface area contributed by atoms with Crippen molar-refractivity contribution in [3.63, 3.8) is 0 Å². The maximum absolute atomic E-state index is 5.54. The summed E-state index contributed by atoms with van der Waals surface area (Å²) in [5.74, 6) is 1.65. The monoisotopic (exact) mass is 241 g/mol. The summed E-state index contributed by atoms with van der Waals surface area (Å²) in [6.07, 6.45) is 0. The maximum atomic E-state index is 5.54. The van der Waals surface area contributed by atoms with E-state index >= 15 is 0 Å². The molecule has 1 rings (SSSR count). The van der Waals surface area contributed by atoms with E-state index < -0.39 is 0 Å². The zero-order chi connectivity index (χ0) is 12.9. The number of rotatable bonds is 6. The van der Waals surface area contributed by atoms with Crippen LogP contribution >= 0.6 is 0 Å². The summed E-state index contributed by atoms with van der Waals surface area (Å²) in [4.78, 5) is 0. The van der Waals surface area contributed by atoms with Crippen LogP contribution < -0.4 is 5.73 Å². The van der Waals surface area contributed by atoms with Crippen LogP contribution in [0.1, 0.15) is 37.9 Å². The molecule has 0 atom stereocenters. The smallest absolute Gasteiger partial charge is 0.130 e. The summed E-state index contributed by atoms with van der Waals surface area (Å²) in [5, 5.41) is 0. The Labute approximate surface area is 103 Å². The third-order valence-corrected chi connectivity index (χ3v) is 2.26. The molecule has 0 saturated carbocycles. The highest BCUT2D eigenvalue weighted by molar-refractivity contribution is 5.19. The quantitative estimate of drug-likeness (QED) is 0.777. The molecule has 1 heterocycles. The van der Waals surface area contributed by atoms with Crippen LogP contribution in [0.15, 0.2) is 10.5 Å². The molecule has 17 heavy (non-hydrogen) atoms. The van der Waals surface area contributed by atoms with Crippen molar-refractivity contribution in [2.45, 2.75) is 46.4 Å². The van der Waals surface area contributed by atoms with Gasteiger partial charge >= 0.3 is 0 Å². The first-order valence-electron chi connectivity index (χ1n) is 5.92. The Hall–Kier alpha value is -0.840. The third-order valence-electron chi connectivity index (χ3n) is 2.26. The van der Waals surface area contributed by atoms with Gasteiger partial charge in [0.2, 0.25) is 0 Å². The number of furan rings is 1. The molecule has 0 aromatic carbocycles. The van der Waals surface area contributed by atoms with Crippen molar-refractivity contribution in [1.82, 2.24) is 0 Å². The van der Waals surface area contributed by atoms with Crippen LogP contribution in [-0.4, -0.2) is 18.8 Å². The minimum absolute atomic E-state index is 0.114. The van der Waals surface area contributed by atoms with Crippen LogP contribution in [-0.2, 0) is 22.6 Å². The molecule has 0 bridgehead atoms. The summed E-state index contributed by atoms with van der Waals surface area (Å²) < 4.78 is 16.5. The van der Waals surface area contributed by atoms with Gasteiger partial charge in [-0.25, -0.2) is 0 Å². The van der Waals surface area contributed by atoms with Crippen LogP contribution in [0.4, 0.5) is 0 Å². The standard InChI is InChI=1S/C13H23NO3/c1-10-7-11(17-12(10)8-14)9-15-5-6-16-13(2,3)4/h7H,5-6,8-9,14H2,1-4H3. The average Bonchev–Trinajstić information content (AvgIpc) is 2.57. The van der Waals surface area contributed by atoms with E-state index in [0.29, 0.717) is 26.4 Å². The third kappa shape index (κ3) is 5.35. The van der Waals surface area contributed by atoms with E-state index in [-0.39, 0.29) is 5.60 Å². The molecule has 0 aliphatic carbocycles. The maximum Gasteiger partial charge on any atom is 0.130 e. The van der Waals surface area contributed by atoms with Crippen molar-refractivity contribution in [2.24, 2.45) is 5.73 Å². The summed E-state index contributed by atoms with van der Waals surface area (Å²) in [6.45, 7) is 10.1. The lowest BCUT2D eigenvalue weighted by atomic mass is 10.2. The van der Waals surface area contributed by atoms with Gasteiger partial charge in [-0.1, -0.05) is 0 Å². The van der Waals surface area contributed by atoms with Gasteiger partial charge in [0.15, 0.2) is 0 Å². The molecule has 2 N–H and O–H groups in total. The Morgan fingerprint density at radius 1 is 1.29 bits per heavy atom. The van der Waals surface area contributed by atoms with Gasteiger partial charge in [-0.15, -0.1) is 0 Å². The van der Waals surface area contributed by atoms with E-state index in [4.69, 9.17) is 19.6 Å². The predicted octanol–water partition coefficient (Wildman–Crippen LogP) is 2.38. The molecule has 0 spiro atoms. The van der Waals surface area contributed by atoms with Gasteiger partial charge in [-0.05, 0) is 39.3 Å². The zero-order valence-electron chi connectivity index (χ0n) is 11.2. The van der Waals surface area contributed by atoms with Gasteiger partial charge in [-0.2, -0.15) is 0 Å². The number of nitrogens with two attached hydrogens (primary N) is 1. The van der Waals surface area contributed by atoms with Crippen molar-refractivity contribution >= 4 is 0 Å². The molecular weight excluding hydrogens is 218 g/mol. The highest BCUT2D eigenvalue weighted by atomic mass is 16.5. The van der Waals surface area contributed by atoms with Gasteiger partial charge in [0.1, 0.15) is 18.1 Å². The van der Waals surface area contributed by atoms with E-state index in [9.17, 15) is 0 Å². The van der Waals surface area contributed by atoms with Gasteiger partial charge in [0, 0.05) is 0 Å². The molecule has 4 heteroatoms. The number of aryl methyl sites for hydroxylation is 1. The van der Waals surface area contributed by atoms with Gasteiger partial charge < -0.3 is 19.6 Å². The highest BCUT2D eigenvalue weighted by Crippen LogP contribution is 2.14. The van der Waals surface area contributed by atoms with Gasteiger partial charge in [0.05, 0.1) is 25.4 Å². The predicted molar refractivity (Wildman–Crippen MR) is 66.7 cm³/mol. The molecule has 4 nitrogen and oxygen atoms in total. The Bertz CT molecular complexity index is 339.